The molecule has 1 aromatic carbocycles. The summed E-state index contributed by atoms with van der Waals surface area (Å²) in [6, 6.07) is 3.62. The molecule has 3 aromatic rings. The molecule has 11 heteroatoms. The number of hydrogen-bond acceptors (Lipinski definition) is 5. The van der Waals surface area contributed by atoms with Gasteiger partial charge in [-0.05, 0) is 17.9 Å². The Morgan fingerprint density at radius 3 is 2.63 bits per heavy atom. The molecule has 0 saturated heterocycles. The number of nitro groups is 1. The zero-order valence-electron chi connectivity index (χ0n) is 14.0. The Morgan fingerprint density at radius 1 is 1.33 bits per heavy atom. The van der Waals surface area contributed by atoms with Gasteiger partial charge in [0.2, 0.25) is 0 Å². The van der Waals surface area contributed by atoms with E-state index in [1.807, 2.05) is 6.92 Å². The van der Waals surface area contributed by atoms with Crippen molar-refractivity contribution in [3.8, 4) is 11.4 Å². The molecular formula is C16H12ClF3N4O2S. The number of fused-ring (bicyclic) bond motifs is 1. The summed E-state index contributed by atoms with van der Waals surface area (Å²) in [5, 5.41) is 11.2. The van der Waals surface area contributed by atoms with E-state index in [4.69, 9.17) is 11.6 Å². The molecule has 0 aliphatic rings. The summed E-state index contributed by atoms with van der Waals surface area (Å²) in [6.07, 6.45) is -3.50. The number of benzene rings is 1. The maximum Gasteiger partial charge on any atom is 0.433 e. The van der Waals surface area contributed by atoms with Crippen LogP contribution in [0.25, 0.3) is 22.4 Å². The maximum absolute atomic E-state index is 12.9. The van der Waals surface area contributed by atoms with Crippen molar-refractivity contribution in [2.75, 3.05) is 5.75 Å². The first-order valence-corrected chi connectivity index (χ1v) is 9.00. The first-order valence-electron chi connectivity index (χ1n) is 7.64. The van der Waals surface area contributed by atoms with E-state index >= 15 is 0 Å². The Balaban J connectivity index is 2.26. The third kappa shape index (κ3) is 3.59. The molecule has 27 heavy (non-hydrogen) atoms. The summed E-state index contributed by atoms with van der Waals surface area (Å²) < 4.78 is 40.3. The van der Waals surface area contributed by atoms with Gasteiger partial charge in [-0.1, -0.05) is 18.5 Å². The minimum Gasteiger partial charge on any atom is -0.326 e. The number of pyridine rings is 1. The molecule has 0 radical (unpaired) electrons. The van der Waals surface area contributed by atoms with Gasteiger partial charge in [0, 0.05) is 23.6 Å². The predicted molar refractivity (Wildman–Crippen MR) is 97.0 cm³/mol. The average molecular weight is 417 g/mol. The normalized spacial score (nSPS) is 11.9. The quantitative estimate of drug-likeness (QED) is 0.326. The van der Waals surface area contributed by atoms with E-state index in [0.29, 0.717) is 27.6 Å². The third-order valence-corrected chi connectivity index (χ3v) is 5.08. The SMILES string of the molecule is CCSc1cc(Cl)c([N+](=O)[O-])cc1-c1nc2cc(C(F)(F)F)ncc2n1C. The number of nitrogens with zero attached hydrogens (tertiary/aromatic N) is 4. The van der Waals surface area contributed by atoms with Crippen molar-refractivity contribution in [1.82, 2.24) is 14.5 Å². The highest BCUT2D eigenvalue weighted by Gasteiger charge is 2.33. The van der Waals surface area contributed by atoms with Crippen LogP contribution in [0, 0.1) is 10.1 Å². The molecule has 0 saturated carbocycles. The zero-order chi connectivity index (χ0) is 19.9. The third-order valence-electron chi connectivity index (χ3n) is 3.84. The van der Waals surface area contributed by atoms with Crippen molar-refractivity contribution >= 4 is 40.1 Å². The number of thioether (sulfide) groups is 1. The van der Waals surface area contributed by atoms with Crippen LogP contribution < -0.4 is 0 Å². The molecule has 0 aliphatic heterocycles. The van der Waals surface area contributed by atoms with Crippen LogP contribution in [0.3, 0.4) is 0 Å². The number of alkyl halides is 3. The highest BCUT2D eigenvalue weighted by atomic mass is 35.5. The second-order valence-electron chi connectivity index (χ2n) is 5.54. The second-order valence-corrected chi connectivity index (χ2v) is 7.25. The molecule has 6 nitrogen and oxygen atoms in total. The molecule has 2 heterocycles. The van der Waals surface area contributed by atoms with E-state index in [9.17, 15) is 23.3 Å². The first kappa shape index (κ1) is 19.4. The Hall–Kier alpha value is -2.33. The minimum atomic E-state index is -4.59. The van der Waals surface area contributed by atoms with Gasteiger partial charge in [0.25, 0.3) is 5.69 Å². The summed E-state index contributed by atoms with van der Waals surface area (Å²) in [5.74, 6) is 0.965. The molecular weight excluding hydrogens is 405 g/mol. The molecule has 0 spiro atoms. The Labute approximate surface area is 160 Å². The molecule has 2 aromatic heterocycles. The lowest BCUT2D eigenvalue weighted by Gasteiger charge is -2.09. The molecule has 142 valence electrons. The van der Waals surface area contributed by atoms with E-state index in [1.165, 1.54) is 23.9 Å². The van der Waals surface area contributed by atoms with E-state index in [2.05, 4.69) is 9.97 Å². The van der Waals surface area contributed by atoms with Crippen LogP contribution in [-0.4, -0.2) is 25.2 Å². The van der Waals surface area contributed by atoms with Crippen molar-refractivity contribution in [3.63, 3.8) is 0 Å². The Kier molecular flexibility index (Phi) is 5.04. The van der Waals surface area contributed by atoms with Crippen LogP contribution >= 0.6 is 23.4 Å². The summed E-state index contributed by atoms with van der Waals surface area (Å²) in [5.41, 5.74) is -0.452. The van der Waals surface area contributed by atoms with Gasteiger partial charge in [-0.3, -0.25) is 10.1 Å². The molecule has 3 rings (SSSR count). The number of nitro benzene ring substituents is 1. The van der Waals surface area contributed by atoms with Gasteiger partial charge in [-0.25, -0.2) is 9.97 Å². The van der Waals surface area contributed by atoms with E-state index in [0.717, 1.165) is 12.3 Å². The minimum absolute atomic E-state index is 0.0144. The van der Waals surface area contributed by atoms with Crippen LogP contribution in [0.1, 0.15) is 12.6 Å². The highest BCUT2D eigenvalue weighted by molar-refractivity contribution is 7.99. The van der Waals surface area contributed by atoms with E-state index in [-0.39, 0.29) is 16.2 Å². The molecule has 0 fully saturated rings. The van der Waals surface area contributed by atoms with Crippen molar-refractivity contribution in [2.45, 2.75) is 18.0 Å². The van der Waals surface area contributed by atoms with Gasteiger partial charge in [0.05, 0.1) is 22.2 Å². The lowest BCUT2D eigenvalue weighted by Crippen LogP contribution is -2.07. The lowest BCUT2D eigenvalue weighted by atomic mass is 10.2. The summed E-state index contributed by atoms with van der Waals surface area (Å²) in [6.45, 7) is 1.90. The van der Waals surface area contributed by atoms with Gasteiger partial charge < -0.3 is 4.57 Å². The summed E-state index contributed by atoms with van der Waals surface area (Å²) in [7, 11) is 1.61. The van der Waals surface area contributed by atoms with Gasteiger partial charge >= 0.3 is 6.18 Å². The smallest absolute Gasteiger partial charge is 0.326 e. The Bertz CT molecular complexity index is 1050. The number of rotatable bonds is 4. The zero-order valence-corrected chi connectivity index (χ0v) is 15.6. The fourth-order valence-electron chi connectivity index (χ4n) is 2.62. The average Bonchev–Trinajstić information content (AvgIpc) is 2.90. The van der Waals surface area contributed by atoms with Gasteiger partial charge in [0.15, 0.2) is 0 Å². The molecule has 0 bridgehead atoms. The van der Waals surface area contributed by atoms with Crippen LogP contribution in [0.5, 0.6) is 0 Å². The molecule has 0 atom stereocenters. The number of aryl methyl sites for hydroxylation is 1. The standard InChI is InChI=1S/C16H12ClF3N4O2S/c1-3-27-13-5-9(17)11(24(25)26)4-8(13)15-22-10-6-14(16(18,19)20)21-7-12(10)23(15)2/h4-7H,3H2,1-2H3. The molecule has 0 aliphatic carbocycles. The Morgan fingerprint density at radius 2 is 2.04 bits per heavy atom. The fourth-order valence-corrected chi connectivity index (χ4v) is 3.73. The largest absolute Gasteiger partial charge is 0.433 e. The summed E-state index contributed by atoms with van der Waals surface area (Å²) >= 11 is 7.39. The van der Waals surface area contributed by atoms with Crippen molar-refractivity contribution < 1.29 is 18.1 Å². The molecule has 0 unspecified atom stereocenters. The van der Waals surface area contributed by atoms with Crippen LogP contribution in [0.15, 0.2) is 29.3 Å². The topological polar surface area (TPSA) is 73.8 Å². The first-order chi connectivity index (χ1) is 12.6. The van der Waals surface area contributed by atoms with Gasteiger partial charge in [-0.2, -0.15) is 13.2 Å². The molecule has 0 N–H and O–H groups in total. The van der Waals surface area contributed by atoms with E-state index < -0.39 is 16.8 Å². The lowest BCUT2D eigenvalue weighted by molar-refractivity contribution is -0.384. The number of aromatic nitrogens is 3. The fraction of sp³-hybridized carbons (Fsp3) is 0.250. The van der Waals surface area contributed by atoms with E-state index in [1.54, 1.807) is 11.6 Å². The van der Waals surface area contributed by atoms with Crippen molar-refractivity contribution in [2.24, 2.45) is 7.05 Å². The van der Waals surface area contributed by atoms with Gasteiger partial charge in [-0.15, -0.1) is 11.8 Å². The number of halogens is 4. The van der Waals surface area contributed by atoms with Crippen LogP contribution in [0.4, 0.5) is 18.9 Å². The molecule has 0 amide bonds. The van der Waals surface area contributed by atoms with Crippen molar-refractivity contribution in [1.29, 1.82) is 0 Å². The van der Waals surface area contributed by atoms with Gasteiger partial charge in [0.1, 0.15) is 16.5 Å². The van der Waals surface area contributed by atoms with Crippen molar-refractivity contribution in [3.05, 3.63) is 45.2 Å². The van der Waals surface area contributed by atoms with Crippen LogP contribution in [0.2, 0.25) is 5.02 Å². The number of hydrogen-bond donors (Lipinski definition) is 0. The predicted octanol–water partition coefficient (Wildman–Crippen LogP) is 5.33. The highest BCUT2D eigenvalue weighted by Crippen LogP contribution is 2.39. The maximum atomic E-state index is 12.9. The van der Waals surface area contributed by atoms with Crippen LogP contribution in [-0.2, 0) is 13.2 Å². The number of imidazole rings is 1. The summed E-state index contributed by atoms with van der Waals surface area (Å²) in [4.78, 5) is 19.0. The second kappa shape index (κ2) is 7.01. The monoisotopic (exact) mass is 416 g/mol.